The quantitative estimate of drug-likeness (QED) is 0.774. The zero-order chi connectivity index (χ0) is 10.1. The Labute approximate surface area is 90.2 Å². The van der Waals surface area contributed by atoms with Crippen LogP contribution < -0.4 is 0 Å². The zero-order valence-electron chi connectivity index (χ0n) is 7.65. The van der Waals surface area contributed by atoms with Crippen molar-refractivity contribution in [1.82, 2.24) is 0 Å². The Hall–Kier alpha value is -0.710. The molecule has 74 valence electrons. The molecule has 2 N–H and O–H groups in total. The number of thioether (sulfide) groups is 1. The molecule has 1 aromatic carbocycles. The maximum absolute atomic E-state index is 9.37. The van der Waals surface area contributed by atoms with E-state index in [4.69, 9.17) is 0 Å². The van der Waals surface area contributed by atoms with Gasteiger partial charge in [0.25, 0.3) is 0 Å². The van der Waals surface area contributed by atoms with E-state index in [1.54, 1.807) is 17.8 Å². The summed E-state index contributed by atoms with van der Waals surface area (Å²) in [6.07, 6.45) is 2.00. The standard InChI is InChI=1S/C10H10O2S2/c1-13-7-2-6(5-11)8-4-10(12)14-9(8)3-7/h2-4,11-12H,5H2,1H3. The van der Waals surface area contributed by atoms with Crippen molar-refractivity contribution in [2.45, 2.75) is 11.5 Å². The lowest BCUT2D eigenvalue weighted by atomic mass is 10.1. The summed E-state index contributed by atoms with van der Waals surface area (Å²) in [7, 11) is 0. The third kappa shape index (κ3) is 1.61. The van der Waals surface area contributed by atoms with E-state index in [9.17, 15) is 10.2 Å². The van der Waals surface area contributed by atoms with E-state index >= 15 is 0 Å². The van der Waals surface area contributed by atoms with Gasteiger partial charge in [-0.15, -0.1) is 11.8 Å². The molecule has 2 nitrogen and oxygen atoms in total. The van der Waals surface area contributed by atoms with Crippen LogP contribution in [0.2, 0.25) is 0 Å². The summed E-state index contributed by atoms with van der Waals surface area (Å²) in [6.45, 7) is 0.0150. The highest BCUT2D eigenvalue weighted by Crippen LogP contribution is 2.35. The van der Waals surface area contributed by atoms with Gasteiger partial charge in [0, 0.05) is 15.0 Å². The number of aliphatic hydroxyl groups excluding tert-OH is 1. The molecule has 1 heterocycles. The van der Waals surface area contributed by atoms with Crippen LogP contribution in [-0.2, 0) is 6.61 Å². The van der Waals surface area contributed by atoms with Gasteiger partial charge in [0.15, 0.2) is 5.06 Å². The Morgan fingerprint density at radius 2 is 2.14 bits per heavy atom. The van der Waals surface area contributed by atoms with Gasteiger partial charge < -0.3 is 10.2 Å². The molecule has 0 aliphatic carbocycles. The summed E-state index contributed by atoms with van der Waals surface area (Å²) in [5, 5.41) is 19.8. The second-order valence-corrected chi connectivity index (χ2v) is 4.88. The van der Waals surface area contributed by atoms with E-state index < -0.39 is 0 Å². The summed E-state index contributed by atoms with van der Waals surface area (Å²) in [4.78, 5) is 1.11. The van der Waals surface area contributed by atoms with Crippen LogP contribution in [-0.4, -0.2) is 16.5 Å². The summed E-state index contributed by atoms with van der Waals surface area (Å²) < 4.78 is 1.03. The van der Waals surface area contributed by atoms with Crippen molar-refractivity contribution in [1.29, 1.82) is 0 Å². The number of thiophene rings is 1. The molecule has 14 heavy (non-hydrogen) atoms. The van der Waals surface area contributed by atoms with Gasteiger partial charge in [-0.25, -0.2) is 0 Å². The van der Waals surface area contributed by atoms with Crippen molar-refractivity contribution in [2.24, 2.45) is 0 Å². The van der Waals surface area contributed by atoms with Crippen LogP contribution in [0.5, 0.6) is 5.06 Å². The highest BCUT2D eigenvalue weighted by molar-refractivity contribution is 7.98. The Bertz CT molecular complexity index is 462. The molecule has 0 spiro atoms. The zero-order valence-corrected chi connectivity index (χ0v) is 9.28. The lowest BCUT2D eigenvalue weighted by Crippen LogP contribution is -1.84. The van der Waals surface area contributed by atoms with Crippen molar-refractivity contribution < 1.29 is 10.2 Å². The molecule has 0 aliphatic heterocycles. The van der Waals surface area contributed by atoms with Crippen molar-refractivity contribution in [3.05, 3.63) is 23.8 Å². The minimum atomic E-state index is 0.0150. The van der Waals surface area contributed by atoms with Crippen molar-refractivity contribution >= 4 is 33.2 Å². The highest BCUT2D eigenvalue weighted by atomic mass is 32.2. The molecule has 0 saturated heterocycles. The van der Waals surface area contributed by atoms with E-state index in [2.05, 4.69) is 0 Å². The SMILES string of the molecule is CSc1cc(CO)c2cc(O)sc2c1. The second kappa shape index (κ2) is 3.81. The van der Waals surface area contributed by atoms with Crippen LogP contribution in [0, 0.1) is 0 Å². The summed E-state index contributed by atoms with van der Waals surface area (Å²) in [5.74, 6) is 0. The fourth-order valence-corrected chi connectivity index (χ4v) is 2.88. The van der Waals surface area contributed by atoms with Gasteiger partial charge >= 0.3 is 0 Å². The number of aromatic hydroxyl groups is 1. The molecule has 0 fully saturated rings. The molecule has 4 heteroatoms. The van der Waals surface area contributed by atoms with Crippen molar-refractivity contribution in [3.8, 4) is 5.06 Å². The molecule has 0 saturated carbocycles. The molecule has 0 aliphatic rings. The first-order valence-corrected chi connectivity index (χ1v) is 6.19. The maximum atomic E-state index is 9.37. The number of hydrogen-bond acceptors (Lipinski definition) is 4. The van der Waals surface area contributed by atoms with Crippen LogP contribution >= 0.6 is 23.1 Å². The minimum absolute atomic E-state index is 0.0150. The molecule has 0 radical (unpaired) electrons. The Morgan fingerprint density at radius 1 is 1.36 bits per heavy atom. The average molecular weight is 226 g/mol. The number of benzene rings is 1. The Balaban J connectivity index is 2.72. The fourth-order valence-electron chi connectivity index (χ4n) is 1.42. The fraction of sp³-hybridized carbons (Fsp3) is 0.200. The highest BCUT2D eigenvalue weighted by Gasteiger charge is 2.07. The van der Waals surface area contributed by atoms with E-state index in [1.165, 1.54) is 11.3 Å². The predicted octanol–water partition coefficient (Wildman–Crippen LogP) is 2.82. The first-order chi connectivity index (χ1) is 6.74. The number of aliphatic hydroxyl groups is 1. The van der Waals surface area contributed by atoms with Crippen molar-refractivity contribution in [2.75, 3.05) is 6.26 Å². The monoisotopic (exact) mass is 226 g/mol. The maximum Gasteiger partial charge on any atom is 0.172 e. The number of rotatable bonds is 2. The number of hydrogen-bond donors (Lipinski definition) is 2. The van der Waals surface area contributed by atoms with Gasteiger partial charge in [-0.3, -0.25) is 0 Å². The third-order valence-electron chi connectivity index (χ3n) is 2.09. The summed E-state index contributed by atoms with van der Waals surface area (Å²) in [5.41, 5.74) is 0.878. The first kappa shape index (κ1) is 9.83. The van der Waals surface area contributed by atoms with Gasteiger partial charge in [0.2, 0.25) is 0 Å². The molecule has 1 aromatic heterocycles. The number of fused-ring (bicyclic) bond motifs is 1. The van der Waals surface area contributed by atoms with Crippen molar-refractivity contribution in [3.63, 3.8) is 0 Å². The largest absolute Gasteiger partial charge is 0.499 e. The van der Waals surface area contributed by atoms with E-state index in [0.29, 0.717) is 5.06 Å². The van der Waals surface area contributed by atoms with Crippen LogP contribution in [0.4, 0.5) is 0 Å². The molecule has 2 aromatic rings. The predicted molar refractivity (Wildman–Crippen MR) is 61.2 cm³/mol. The van der Waals surface area contributed by atoms with Gasteiger partial charge in [-0.2, -0.15) is 0 Å². The molecule has 0 amide bonds. The van der Waals surface area contributed by atoms with E-state index in [0.717, 1.165) is 20.5 Å². The lowest BCUT2D eigenvalue weighted by Gasteiger charge is -2.02. The molecule has 0 bridgehead atoms. The lowest BCUT2D eigenvalue weighted by molar-refractivity contribution is 0.283. The van der Waals surface area contributed by atoms with E-state index in [-0.39, 0.29) is 6.61 Å². The minimum Gasteiger partial charge on any atom is -0.499 e. The Morgan fingerprint density at radius 3 is 2.79 bits per heavy atom. The second-order valence-electron chi connectivity index (χ2n) is 2.94. The van der Waals surface area contributed by atoms with Gasteiger partial charge in [0.1, 0.15) is 0 Å². The van der Waals surface area contributed by atoms with Gasteiger partial charge in [-0.05, 0) is 30.0 Å². The third-order valence-corrected chi connectivity index (χ3v) is 3.68. The van der Waals surface area contributed by atoms with Crippen LogP contribution in [0.3, 0.4) is 0 Å². The molecular weight excluding hydrogens is 216 g/mol. The molecule has 2 rings (SSSR count). The normalized spacial score (nSPS) is 11.0. The Kier molecular flexibility index (Phi) is 2.67. The molecule has 0 atom stereocenters. The average Bonchev–Trinajstić information content (AvgIpc) is 2.56. The molecular formula is C10H10O2S2. The van der Waals surface area contributed by atoms with E-state index in [1.807, 2.05) is 18.4 Å². The summed E-state index contributed by atoms with van der Waals surface area (Å²) in [6, 6.07) is 5.69. The van der Waals surface area contributed by atoms with Crippen LogP contribution in [0.15, 0.2) is 23.1 Å². The van der Waals surface area contributed by atoms with Gasteiger partial charge in [0.05, 0.1) is 6.61 Å². The van der Waals surface area contributed by atoms with Crippen LogP contribution in [0.1, 0.15) is 5.56 Å². The first-order valence-electron chi connectivity index (χ1n) is 4.15. The topological polar surface area (TPSA) is 40.5 Å². The molecule has 0 unspecified atom stereocenters. The smallest absolute Gasteiger partial charge is 0.172 e. The van der Waals surface area contributed by atoms with Crippen LogP contribution in [0.25, 0.3) is 10.1 Å². The van der Waals surface area contributed by atoms with Gasteiger partial charge in [-0.1, -0.05) is 11.3 Å². The summed E-state index contributed by atoms with van der Waals surface area (Å²) >= 11 is 2.98.